The predicted molar refractivity (Wildman–Crippen MR) is 75.9 cm³/mol. The second-order valence-electron chi connectivity index (χ2n) is 4.79. The van der Waals surface area contributed by atoms with Crippen molar-refractivity contribution < 1.29 is 9.59 Å². The van der Waals surface area contributed by atoms with Crippen LogP contribution in [0.5, 0.6) is 0 Å². The van der Waals surface area contributed by atoms with Crippen LogP contribution < -0.4 is 10.2 Å². The number of benzene rings is 1. The molecule has 1 fully saturated rings. The number of amides is 1. The van der Waals surface area contributed by atoms with Gasteiger partial charge >= 0.3 is 0 Å². The van der Waals surface area contributed by atoms with Crippen LogP contribution >= 0.6 is 11.6 Å². The van der Waals surface area contributed by atoms with Crippen LogP contribution in [0.1, 0.15) is 30.1 Å². The van der Waals surface area contributed by atoms with Gasteiger partial charge in [-0.3, -0.25) is 9.59 Å². The number of nitrogens with zero attached hydrogens (tertiary/aromatic N) is 1. The maximum absolute atomic E-state index is 11.0. The fourth-order valence-electron chi connectivity index (χ4n) is 2.41. The van der Waals surface area contributed by atoms with E-state index >= 15 is 0 Å². The predicted octanol–water partition coefficient (Wildman–Crippen LogP) is 2.26. The van der Waals surface area contributed by atoms with Crippen LogP contribution in [0.3, 0.4) is 0 Å². The number of anilines is 1. The number of halogens is 1. The van der Waals surface area contributed by atoms with Crippen molar-refractivity contribution in [2.75, 3.05) is 18.0 Å². The molecule has 2 rings (SSSR count). The third kappa shape index (κ3) is 3.47. The molecule has 0 atom stereocenters. The molecule has 5 heteroatoms. The second kappa shape index (κ2) is 6.06. The largest absolute Gasteiger partial charge is 0.370 e. The molecule has 0 radical (unpaired) electrons. The van der Waals surface area contributed by atoms with E-state index in [1.54, 1.807) is 19.1 Å². The fraction of sp³-hybridized carbons (Fsp3) is 0.429. The summed E-state index contributed by atoms with van der Waals surface area (Å²) in [5.41, 5.74) is 1.54. The monoisotopic (exact) mass is 280 g/mol. The Hall–Kier alpha value is -1.55. The number of hydrogen-bond donors (Lipinski definition) is 1. The maximum Gasteiger partial charge on any atom is 0.217 e. The molecule has 0 spiro atoms. The number of nitrogens with one attached hydrogen (secondary N) is 1. The van der Waals surface area contributed by atoms with Gasteiger partial charge in [-0.05, 0) is 31.0 Å². The van der Waals surface area contributed by atoms with Gasteiger partial charge in [0.05, 0.1) is 10.7 Å². The Morgan fingerprint density at radius 1 is 1.42 bits per heavy atom. The van der Waals surface area contributed by atoms with Gasteiger partial charge in [0, 0.05) is 31.6 Å². The highest BCUT2D eigenvalue weighted by Gasteiger charge is 2.21. The van der Waals surface area contributed by atoms with Crippen molar-refractivity contribution >= 4 is 29.5 Å². The van der Waals surface area contributed by atoms with E-state index in [0.717, 1.165) is 37.9 Å². The number of carbonyl (C=O) groups is 2. The number of aldehydes is 1. The zero-order valence-electron chi connectivity index (χ0n) is 10.9. The Morgan fingerprint density at radius 2 is 2.11 bits per heavy atom. The molecule has 1 heterocycles. The smallest absolute Gasteiger partial charge is 0.217 e. The summed E-state index contributed by atoms with van der Waals surface area (Å²) in [6.45, 7) is 3.25. The Kier molecular flexibility index (Phi) is 4.43. The van der Waals surface area contributed by atoms with Crippen molar-refractivity contribution in [1.29, 1.82) is 0 Å². The van der Waals surface area contributed by atoms with Crippen LogP contribution in [0, 0.1) is 0 Å². The molecular formula is C14H17ClN2O2. The lowest BCUT2D eigenvalue weighted by molar-refractivity contribution is -0.119. The van der Waals surface area contributed by atoms with Crippen LogP contribution in [0.15, 0.2) is 18.2 Å². The van der Waals surface area contributed by atoms with Gasteiger partial charge in [0.1, 0.15) is 6.29 Å². The first-order chi connectivity index (χ1) is 9.10. The molecule has 1 aromatic carbocycles. The quantitative estimate of drug-likeness (QED) is 0.864. The van der Waals surface area contributed by atoms with Crippen LogP contribution in [-0.4, -0.2) is 31.3 Å². The van der Waals surface area contributed by atoms with E-state index in [0.29, 0.717) is 10.6 Å². The zero-order chi connectivity index (χ0) is 13.8. The molecule has 1 amide bonds. The minimum Gasteiger partial charge on any atom is -0.370 e. The Bertz CT molecular complexity index is 482. The topological polar surface area (TPSA) is 49.4 Å². The van der Waals surface area contributed by atoms with Crippen molar-refractivity contribution in [2.24, 2.45) is 0 Å². The van der Waals surface area contributed by atoms with Crippen LogP contribution in [0.4, 0.5) is 5.69 Å². The summed E-state index contributed by atoms with van der Waals surface area (Å²) < 4.78 is 0. The van der Waals surface area contributed by atoms with Crippen LogP contribution in [0.25, 0.3) is 0 Å². The lowest BCUT2D eigenvalue weighted by Crippen LogP contribution is -2.44. The molecule has 1 N–H and O–H groups in total. The molecule has 1 aliphatic heterocycles. The normalized spacial score (nSPS) is 16.2. The highest BCUT2D eigenvalue weighted by Crippen LogP contribution is 2.28. The van der Waals surface area contributed by atoms with Crippen molar-refractivity contribution in [3.63, 3.8) is 0 Å². The first kappa shape index (κ1) is 13.9. The van der Waals surface area contributed by atoms with Crippen molar-refractivity contribution in [2.45, 2.75) is 25.8 Å². The average Bonchev–Trinajstić information content (AvgIpc) is 2.39. The van der Waals surface area contributed by atoms with Crippen molar-refractivity contribution in [3.8, 4) is 0 Å². The average molecular weight is 281 g/mol. The molecule has 1 saturated heterocycles. The molecule has 1 aromatic rings. The Balaban J connectivity index is 2.01. The molecular weight excluding hydrogens is 264 g/mol. The van der Waals surface area contributed by atoms with Gasteiger partial charge in [-0.1, -0.05) is 11.6 Å². The van der Waals surface area contributed by atoms with Gasteiger partial charge in [0.2, 0.25) is 5.91 Å². The molecule has 0 saturated carbocycles. The standard InChI is InChI=1S/C14H17ClN2O2/c1-10(19)16-12-4-6-17(7-5-12)14-3-2-11(9-18)8-13(14)15/h2-3,8-9,12H,4-7H2,1H3,(H,16,19). The van der Waals surface area contributed by atoms with Crippen molar-refractivity contribution in [1.82, 2.24) is 5.32 Å². The summed E-state index contributed by atoms with van der Waals surface area (Å²) in [6, 6.07) is 5.59. The number of rotatable bonds is 3. The summed E-state index contributed by atoms with van der Waals surface area (Å²) in [4.78, 5) is 23.9. The third-order valence-electron chi connectivity index (χ3n) is 3.35. The molecule has 19 heavy (non-hydrogen) atoms. The first-order valence-corrected chi connectivity index (χ1v) is 6.74. The van der Waals surface area contributed by atoms with E-state index in [9.17, 15) is 9.59 Å². The number of hydrogen-bond acceptors (Lipinski definition) is 3. The first-order valence-electron chi connectivity index (χ1n) is 6.37. The van der Waals surface area contributed by atoms with E-state index in [1.165, 1.54) is 0 Å². The molecule has 102 valence electrons. The highest BCUT2D eigenvalue weighted by molar-refractivity contribution is 6.33. The summed E-state index contributed by atoms with van der Waals surface area (Å²) in [7, 11) is 0. The van der Waals surface area contributed by atoms with Gasteiger partial charge in [-0.2, -0.15) is 0 Å². The van der Waals surface area contributed by atoms with E-state index in [1.807, 2.05) is 6.07 Å². The highest BCUT2D eigenvalue weighted by atomic mass is 35.5. The van der Waals surface area contributed by atoms with Gasteiger partial charge in [0.15, 0.2) is 0 Å². The molecule has 1 aliphatic rings. The summed E-state index contributed by atoms with van der Waals surface area (Å²) in [5.74, 6) is 0.0202. The van der Waals surface area contributed by atoms with E-state index in [2.05, 4.69) is 10.2 Å². The third-order valence-corrected chi connectivity index (χ3v) is 3.65. The summed E-state index contributed by atoms with van der Waals surface area (Å²) >= 11 is 6.19. The molecule has 0 bridgehead atoms. The minimum atomic E-state index is 0.0202. The summed E-state index contributed by atoms with van der Waals surface area (Å²) in [6.07, 6.45) is 2.61. The van der Waals surface area contributed by atoms with Crippen LogP contribution in [0.2, 0.25) is 5.02 Å². The summed E-state index contributed by atoms with van der Waals surface area (Å²) in [5, 5.41) is 3.54. The SMILES string of the molecule is CC(=O)NC1CCN(c2ccc(C=O)cc2Cl)CC1. The minimum absolute atomic E-state index is 0.0202. The van der Waals surface area contributed by atoms with Crippen molar-refractivity contribution in [3.05, 3.63) is 28.8 Å². The lowest BCUT2D eigenvalue weighted by Gasteiger charge is -2.34. The van der Waals surface area contributed by atoms with E-state index in [-0.39, 0.29) is 11.9 Å². The zero-order valence-corrected chi connectivity index (χ0v) is 11.6. The van der Waals surface area contributed by atoms with E-state index in [4.69, 9.17) is 11.6 Å². The second-order valence-corrected chi connectivity index (χ2v) is 5.20. The lowest BCUT2D eigenvalue weighted by atomic mass is 10.0. The molecule has 4 nitrogen and oxygen atoms in total. The fourth-order valence-corrected chi connectivity index (χ4v) is 2.71. The van der Waals surface area contributed by atoms with Crippen LogP contribution in [-0.2, 0) is 4.79 Å². The molecule has 0 unspecified atom stereocenters. The Morgan fingerprint density at radius 3 is 2.63 bits per heavy atom. The van der Waals surface area contributed by atoms with Gasteiger partial charge < -0.3 is 10.2 Å². The Labute approximate surface area is 117 Å². The van der Waals surface area contributed by atoms with Gasteiger partial charge in [-0.25, -0.2) is 0 Å². The maximum atomic E-state index is 11.0. The van der Waals surface area contributed by atoms with Gasteiger partial charge in [-0.15, -0.1) is 0 Å². The van der Waals surface area contributed by atoms with E-state index < -0.39 is 0 Å². The number of carbonyl (C=O) groups excluding carboxylic acids is 2. The van der Waals surface area contributed by atoms with Gasteiger partial charge in [0.25, 0.3) is 0 Å². The molecule has 0 aliphatic carbocycles. The number of piperidine rings is 1. The molecule has 0 aromatic heterocycles.